The van der Waals surface area contributed by atoms with Gasteiger partial charge in [0.25, 0.3) is 10.0 Å². The first kappa shape index (κ1) is 17.8. The number of nitrogens with one attached hydrogen (secondary N) is 1. The molecule has 4 rings (SSSR count). The van der Waals surface area contributed by atoms with Crippen LogP contribution in [0.1, 0.15) is 29.2 Å². The van der Waals surface area contributed by atoms with Crippen molar-refractivity contribution in [3.63, 3.8) is 0 Å². The second-order valence-corrected chi connectivity index (χ2v) is 9.51. The maximum atomic E-state index is 13.4. The lowest BCUT2D eigenvalue weighted by Crippen LogP contribution is -2.16. The molecule has 0 aliphatic heterocycles. The molecule has 0 spiro atoms. The molecule has 0 saturated carbocycles. The standard InChI is InChI=1S/C19H19ClN2O2S2/c1-12-10-25-11-17(12)19-15-6-7-18(21-2)16(15)9-22(19)26(23,24)14-5-3-4-13(20)8-14/h3-5,8-11,18,21H,6-7H2,1-2H3. The van der Waals surface area contributed by atoms with Crippen LogP contribution in [0.5, 0.6) is 0 Å². The zero-order valence-corrected chi connectivity index (χ0v) is 16.9. The zero-order chi connectivity index (χ0) is 18.5. The summed E-state index contributed by atoms with van der Waals surface area (Å²) in [4.78, 5) is 0.203. The van der Waals surface area contributed by atoms with Gasteiger partial charge < -0.3 is 5.32 Å². The van der Waals surface area contributed by atoms with Crippen molar-refractivity contribution in [3.8, 4) is 11.3 Å². The van der Waals surface area contributed by atoms with E-state index < -0.39 is 10.0 Å². The van der Waals surface area contributed by atoms with E-state index in [1.807, 2.05) is 19.4 Å². The summed E-state index contributed by atoms with van der Waals surface area (Å²) in [6, 6.07) is 6.61. The molecular weight excluding hydrogens is 388 g/mol. The number of aromatic nitrogens is 1. The molecule has 1 aromatic carbocycles. The molecule has 1 unspecified atom stereocenters. The highest BCUT2D eigenvalue weighted by atomic mass is 35.5. The lowest BCUT2D eigenvalue weighted by Gasteiger charge is -2.13. The van der Waals surface area contributed by atoms with Gasteiger partial charge in [-0.1, -0.05) is 17.7 Å². The van der Waals surface area contributed by atoms with Crippen molar-refractivity contribution in [2.75, 3.05) is 7.05 Å². The Morgan fingerprint density at radius 1 is 1.31 bits per heavy atom. The molecule has 2 heterocycles. The number of aryl methyl sites for hydroxylation is 1. The van der Waals surface area contributed by atoms with Gasteiger partial charge in [0.05, 0.1) is 10.6 Å². The Bertz CT molecular complexity index is 1080. The highest BCUT2D eigenvalue weighted by Crippen LogP contribution is 2.42. The summed E-state index contributed by atoms with van der Waals surface area (Å²) in [6.45, 7) is 2.02. The molecule has 0 fully saturated rings. The molecule has 0 saturated heterocycles. The molecule has 1 atom stereocenters. The van der Waals surface area contributed by atoms with Crippen LogP contribution in [0.15, 0.2) is 46.1 Å². The van der Waals surface area contributed by atoms with E-state index in [2.05, 4.69) is 10.7 Å². The van der Waals surface area contributed by atoms with Crippen LogP contribution in [-0.2, 0) is 16.4 Å². The first-order chi connectivity index (χ1) is 12.4. The molecule has 2 aromatic heterocycles. The third kappa shape index (κ3) is 2.72. The van der Waals surface area contributed by atoms with Gasteiger partial charge in [-0.3, -0.25) is 0 Å². The minimum Gasteiger partial charge on any atom is -0.313 e. The van der Waals surface area contributed by atoms with Crippen molar-refractivity contribution in [3.05, 3.63) is 62.9 Å². The lowest BCUT2D eigenvalue weighted by molar-refractivity contribution is 0.579. The van der Waals surface area contributed by atoms with Crippen LogP contribution in [0.3, 0.4) is 0 Å². The van der Waals surface area contributed by atoms with Gasteiger partial charge in [-0.25, -0.2) is 12.4 Å². The van der Waals surface area contributed by atoms with E-state index in [-0.39, 0.29) is 10.9 Å². The number of hydrogen-bond acceptors (Lipinski definition) is 4. The smallest absolute Gasteiger partial charge is 0.268 e. The SMILES string of the molecule is CNC1CCc2c1cn(S(=O)(=O)c1cccc(Cl)c1)c2-c1cscc1C. The lowest BCUT2D eigenvalue weighted by atomic mass is 10.1. The van der Waals surface area contributed by atoms with Crippen molar-refractivity contribution >= 4 is 33.0 Å². The number of thiophene rings is 1. The molecule has 0 bridgehead atoms. The van der Waals surface area contributed by atoms with E-state index in [9.17, 15) is 8.42 Å². The monoisotopic (exact) mass is 406 g/mol. The average Bonchev–Trinajstić information content (AvgIpc) is 3.29. The fourth-order valence-electron chi connectivity index (χ4n) is 3.66. The highest BCUT2D eigenvalue weighted by Gasteiger charge is 2.33. The molecule has 1 aliphatic carbocycles. The molecule has 1 aliphatic rings. The van der Waals surface area contributed by atoms with Gasteiger partial charge in [0.1, 0.15) is 0 Å². The van der Waals surface area contributed by atoms with Crippen LogP contribution in [0.4, 0.5) is 0 Å². The Morgan fingerprint density at radius 2 is 2.12 bits per heavy atom. The van der Waals surface area contributed by atoms with Gasteiger partial charge in [-0.15, -0.1) is 0 Å². The van der Waals surface area contributed by atoms with Crippen molar-refractivity contribution < 1.29 is 8.42 Å². The summed E-state index contributed by atoms with van der Waals surface area (Å²) >= 11 is 7.63. The summed E-state index contributed by atoms with van der Waals surface area (Å²) < 4.78 is 28.2. The molecule has 136 valence electrons. The molecule has 0 amide bonds. The Balaban J connectivity index is 1.99. The van der Waals surface area contributed by atoms with Crippen LogP contribution in [0, 0.1) is 6.92 Å². The first-order valence-electron chi connectivity index (χ1n) is 8.39. The number of fused-ring (bicyclic) bond motifs is 1. The third-order valence-corrected chi connectivity index (χ3v) is 7.73. The zero-order valence-electron chi connectivity index (χ0n) is 14.5. The van der Waals surface area contributed by atoms with E-state index >= 15 is 0 Å². The van der Waals surface area contributed by atoms with Crippen molar-refractivity contribution in [2.24, 2.45) is 0 Å². The third-order valence-electron chi connectivity index (χ3n) is 4.98. The van der Waals surface area contributed by atoms with Crippen LogP contribution in [0.2, 0.25) is 5.02 Å². The van der Waals surface area contributed by atoms with Gasteiger partial charge >= 0.3 is 0 Å². The number of nitrogens with zero attached hydrogens (tertiary/aromatic N) is 1. The van der Waals surface area contributed by atoms with Gasteiger partial charge in [0, 0.05) is 28.2 Å². The Labute approximate surface area is 162 Å². The minimum absolute atomic E-state index is 0.179. The van der Waals surface area contributed by atoms with E-state index in [4.69, 9.17) is 11.6 Å². The Morgan fingerprint density at radius 3 is 2.77 bits per heavy atom. The van der Waals surface area contributed by atoms with Crippen LogP contribution in [0.25, 0.3) is 11.3 Å². The summed E-state index contributed by atoms with van der Waals surface area (Å²) in [5.41, 5.74) is 5.05. The number of hydrogen-bond donors (Lipinski definition) is 1. The first-order valence-corrected chi connectivity index (χ1v) is 11.1. The highest BCUT2D eigenvalue weighted by molar-refractivity contribution is 7.90. The van der Waals surface area contributed by atoms with Gasteiger partial charge in [-0.05, 0) is 67.1 Å². The van der Waals surface area contributed by atoms with E-state index in [1.165, 1.54) is 10.0 Å². The van der Waals surface area contributed by atoms with Crippen LogP contribution < -0.4 is 5.32 Å². The maximum Gasteiger partial charge on any atom is 0.268 e. The number of rotatable bonds is 4. The molecule has 7 heteroatoms. The molecular formula is C19H19ClN2O2S2. The number of halogens is 1. The Hall–Kier alpha value is -1.60. The van der Waals surface area contributed by atoms with Crippen LogP contribution in [-0.4, -0.2) is 19.4 Å². The van der Waals surface area contributed by atoms with Crippen molar-refractivity contribution in [1.29, 1.82) is 0 Å². The summed E-state index contributed by atoms with van der Waals surface area (Å²) in [6.07, 6.45) is 3.63. The van der Waals surface area contributed by atoms with Crippen LogP contribution >= 0.6 is 22.9 Å². The number of benzene rings is 1. The normalized spacial score (nSPS) is 16.8. The van der Waals surface area contributed by atoms with Gasteiger partial charge in [0.2, 0.25) is 0 Å². The topological polar surface area (TPSA) is 51.1 Å². The summed E-state index contributed by atoms with van der Waals surface area (Å²) in [5.74, 6) is 0. The average molecular weight is 407 g/mol. The fraction of sp³-hybridized carbons (Fsp3) is 0.263. The minimum atomic E-state index is -3.74. The molecule has 1 N–H and O–H groups in total. The predicted molar refractivity (Wildman–Crippen MR) is 107 cm³/mol. The second kappa shape index (κ2) is 6.53. The molecule has 3 aromatic rings. The molecule has 4 nitrogen and oxygen atoms in total. The quantitative estimate of drug-likeness (QED) is 0.687. The van der Waals surface area contributed by atoms with Crippen molar-refractivity contribution in [2.45, 2.75) is 30.7 Å². The second-order valence-electron chi connectivity index (χ2n) is 6.52. The predicted octanol–water partition coefficient (Wildman–Crippen LogP) is 4.62. The summed E-state index contributed by atoms with van der Waals surface area (Å²) in [7, 11) is -1.82. The van der Waals surface area contributed by atoms with Gasteiger partial charge in [-0.2, -0.15) is 11.3 Å². The van der Waals surface area contributed by atoms with Gasteiger partial charge in [0.15, 0.2) is 0 Å². The van der Waals surface area contributed by atoms with Crippen molar-refractivity contribution in [1.82, 2.24) is 9.29 Å². The van der Waals surface area contributed by atoms with E-state index in [1.54, 1.807) is 35.7 Å². The molecule has 26 heavy (non-hydrogen) atoms. The maximum absolute atomic E-state index is 13.4. The largest absolute Gasteiger partial charge is 0.313 e. The fourth-order valence-corrected chi connectivity index (χ4v) is 6.20. The van der Waals surface area contributed by atoms with E-state index in [0.29, 0.717) is 5.02 Å². The van der Waals surface area contributed by atoms with E-state index in [0.717, 1.165) is 40.8 Å². The molecule has 0 radical (unpaired) electrons. The Kier molecular flexibility index (Phi) is 4.47. The summed E-state index contributed by atoms with van der Waals surface area (Å²) in [5, 5.41) is 7.78.